The van der Waals surface area contributed by atoms with Crippen LogP contribution in [0.15, 0.2) is 60.7 Å². The second-order valence-electron chi connectivity index (χ2n) is 10.1. The van der Waals surface area contributed by atoms with Crippen molar-refractivity contribution in [3.63, 3.8) is 0 Å². The average Bonchev–Trinajstić information content (AvgIpc) is 2.91. The SMILES string of the molecule is C=C1C=C(C(=O)N2CCN(c3ccc(OCCCN4CCCCC4)cc3)CC2)c2cc(F)ccc2C1. The Kier molecular flexibility index (Phi) is 7.71. The van der Waals surface area contributed by atoms with E-state index in [4.69, 9.17) is 4.74 Å². The zero-order valence-electron chi connectivity index (χ0n) is 21.1. The number of benzene rings is 2. The average molecular weight is 490 g/mol. The van der Waals surface area contributed by atoms with E-state index >= 15 is 0 Å². The number of fused-ring (bicyclic) bond motifs is 1. The van der Waals surface area contributed by atoms with Gasteiger partial charge in [0.2, 0.25) is 0 Å². The first-order valence-corrected chi connectivity index (χ1v) is 13.2. The van der Waals surface area contributed by atoms with Gasteiger partial charge in [-0.1, -0.05) is 19.1 Å². The van der Waals surface area contributed by atoms with Gasteiger partial charge in [-0.15, -0.1) is 0 Å². The van der Waals surface area contributed by atoms with Crippen LogP contribution in [0.4, 0.5) is 10.1 Å². The smallest absolute Gasteiger partial charge is 0.254 e. The molecule has 0 N–H and O–H groups in total. The molecule has 3 aliphatic rings. The van der Waals surface area contributed by atoms with Gasteiger partial charge in [0.25, 0.3) is 5.91 Å². The lowest BCUT2D eigenvalue weighted by Gasteiger charge is -2.37. The maximum Gasteiger partial charge on any atom is 0.254 e. The highest BCUT2D eigenvalue weighted by molar-refractivity contribution is 6.21. The predicted molar refractivity (Wildman–Crippen MR) is 143 cm³/mol. The molecule has 0 saturated carbocycles. The molecule has 5 nitrogen and oxygen atoms in total. The summed E-state index contributed by atoms with van der Waals surface area (Å²) in [7, 11) is 0. The van der Waals surface area contributed by atoms with Crippen LogP contribution in [-0.4, -0.2) is 68.1 Å². The van der Waals surface area contributed by atoms with Crippen LogP contribution in [0.25, 0.3) is 5.57 Å². The largest absolute Gasteiger partial charge is 0.494 e. The summed E-state index contributed by atoms with van der Waals surface area (Å²) >= 11 is 0. The monoisotopic (exact) mass is 489 g/mol. The van der Waals surface area contributed by atoms with Crippen LogP contribution < -0.4 is 9.64 Å². The lowest BCUT2D eigenvalue weighted by Crippen LogP contribution is -2.49. The molecule has 1 amide bonds. The zero-order chi connectivity index (χ0) is 24.9. The van der Waals surface area contributed by atoms with Crippen molar-refractivity contribution in [1.82, 2.24) is 9.80 Å². The molecule has 0 spiro atoms. The van der Waals surface area contributed by atoms with Crippen molar-refractivity contribution in [1.29, 1.82) is 0 Å². The number of hydrogen-bond donors (Lipinski definition) is 0. The van der Waals surface area contributed by atoms with Gasteiger partial charge in [-0.2, -0.15) is 0 Å². The number of likely N-dealkylation sites (tertiary alicyclic amines) is 1. The van der Waals surface area contributed by atoms with Crippen LogP contribution in [0, 0.1) is 5.82 Å². The fourth-order valence-corrected chi connectivity index (χ4v) is 5.46. The number of piperidine rings is 1. The standard InChI is InChI=1S/C30H36FN3O2/c1-23-20-24-6-7-25(31)22-28(24)29(21-23)30(35)34-17-15-33(16-18-34)26-8-10-27(11-9-26)36-19-5-14-32-12-3-2-4-13-32/h6-11,21-22H,1-5,12-20H2. The Labute approximate surface area is 213 Å². The molecule has 36 heavy (non-hydrogen) atoms. The van der Waals surface area contributed by atoms with Gasteiger partial charge in [-0.3, -0.25) is 4.79 Å². The Hall–Kier alpha value is -3.12. The quantitative estimate of drug-likeness (QED) is 0.517. The lowest BCUT2D eigenvalue weighted by atomic mass is 9.87. The van der Waals surface area contributed by atoms with Gasteiger partial charge >= 0.3 is 0 Å². The van der Waals surface area contributed by atoms with E-state index in [2.05, 4.69) is 28.5 Å². The van der Waals surface area contributed by atoms with Crippen molar-refractivity contribution in [2.75, 3.05) is 57.3 Å². The first-order valence-electron chi connectivity index (χ1n) is 13.2. The number of anilines is 1. The van der Waals surface area contributed by atoms with Crippen molar-refractivity contribution in [2.45, 2.75) is 32.1 Å². The van der Waals surface area contributed by atoms with E-state index in [-0.39, 0.29) is 11.7 Å². The lowest BCUT2D eigenvalue weighted by molar-refractivity contribution is -0.125. The van der Waals surface area contributed by atoms with Crippen molar-refractivity contribution in [2.24, 2.45) is 0 Å². The molecule has 0 aromatic heterocycles. The molecule has 0 unspecified atom stereocenters. The molecule has 2 fully saturated rings. The van der Waals surface area contributed by atoms with Crippen molar-refractivity contribution in [3.05, 3.63) is 77.6 Å². The molecule has 2 saturated heterocycles. The predicted octanol–water partition coefficient (Wildman–Crippen LogP) is 4.93. The normalized spacial score (nSPS) is 18.6. The molecular weight excluding hydrogens is 453 g/mol. The van der Waals surface area contributed by atoms with E-state index < -0.39 is 0 Å². The maximum atomic E-state index is 13.9. The number of halogens is 1. The first kappa shape index (κ1) is 24.6. The number of ether oxygens (including phenoxy) is 1. The highest BCUT2D eigenvalue weighted by atomic mass is 19.1. The summed E-state index contributed by atoms with van der Waals surface area (Å²) in [6.45, 7) is 11.1. The minimum absolute atomic E-state index is 0.0457. The second-order valence-corrected chi connectivity index (χ2v) is 10.1. The molecule has 1 aliphatic carbocycles. The minimum atomic E-state index is -0.320. The van der Waals surface area contributed by atoms with E-state index in [0.29, 0.717) is 30.6 Å². The topological polar surface area (TPSA) is 36.0 Å². The molecule has 0 bridgehead atoms. The molecule has 2 aromatic rings. The molecule has 2 aromatic carbocycles. The third-order valence-electron chi connectivity index (χ3n) is 7.46. The van der Waals surface area contributed by atoms with Crippen molar-refractivity contribution >= 4 is 17.2 Å². The summed E-state index contributed by atoms with van der Waals surface area (Å²) in [5.41, 5.74) is 4.22. The van der Waals surface area contributed by atoms with Gasteiger partial charge in [-0.05, 0) is 97.9 Å². The number of piperazine rings is 1. The van der Waals surface area contributed by atoms with Gasteiger partial charge in [0.05, 0.1) is 6.61 Å². The van der Waals surface area contributed by atoms with Crippen LogP contribution in [0.2, 0.25) is 0 Å². The molecular formula is C30H36FN3O2. The summed E-state index contributed by atoms with van der Waals surface area (Å²) in [6, 6.07) is 13.0. The third-order valence-corrected chi connectivity index (χ3v) is 7.46. The molecule has 6 heteroatoms. The van der Waals surface area contributed by atoms with E-state index in [9.17, 15) is 9.18 Å². The molecule has 0 atom stereocenters. The van der Waals surface area contributed by atoms with Gasteiger partial charge in [-0.25, -0.2) is 4.39 Å². The Balaban J connectivity index is 1.11. The zero-order valence-corrected chi connectivity index (χ0v) is 21.1. The van der Waals surface area contributed by atoms with E-state index in [1.807, 2.05) is 23.1 Å². The van der Waals surface area contributed by atoms with Gasteiger partial charge in [0, 0.05) is 44.0 Å². The fraction of sp³-hybridized carbons (Fsp3) is 0.433. The van der Waals surface area contributed by atoms with Crippen LogP contribution in [0.3, 0.4) is 0 Å². The van der Waals surface area contributed by atoms with Crippen LogP contribution in [-0.2, 0) is 11.2 Å². The Morgan fingerprint density at radius 3 is 2.44 bits per heavy atom. The summed E-state index contributed by atoms with van der Waals surface area (Å²) < 4.78 is 19.9. The summed E-state index contributed by atoms with van der Waals surface area (Å²) in [4.78, 5) is 20.1. The van der Waals surface area contributed by atoms with Gasteiger partial charge in [0.15, 0.2) is 0 Å². The van der Waals surface area contributed by atoms with Crippen LogP contribution in [0.1, 0.15) is 36.8 Å². The number of nitrogens with zero attached hydrogens (tertiary/aromatic N) is 3. The third kappa shape index (κ3) is 5.81. The van der Waals surface area contributed by atoms with E-state index in [1.165, 1.54) is 44.5 Å². The summed E-state index contributed by atoms with van der Waals surface area (Å²) in [5.74, 6) is 0.538. The number of hydrogen-bond acceptors (Lipinski definition) is 4. The number of carbonyl (C=O) groups excluding carboxylic acids is 1. The molecule has 0 radical (unpaired) electrons. The summed E-state index contributed by atoms with van der Waals surface area (Å²) in [5, 5.41) is 0. The maximum absolute atomic E-state index is 13.9. The minimum Gasteiger partial charge on any atom is -0.494 e. The number of allylic oxidation sites excluding steroid dienone is 2. The molecule has 5 rings (SSSR count). The highest BCUT2D eigenvalue weighted by Crippen LogP contribution is 2.31. The first-order chi connectivity index (χ1) is 17.6. The van der Waals surface area contributed by atoms with Gasteiger partial charge in [0.1, 0.15) is 11.6 Å². The number of rotatable bonds is 7. The molecule has 190 valence electrons. The molecule has 2 aliphatic heterocycles. The Bertz CT molecular complexity index is 1110. The van der Waals surface area contributed by atoms with Crippen LogP contribution >= 0.6 is 0 Å². The number of carbonyl (C=O) groups is 1. The van der Waals surface area contributed by atoms with E-state index in [1.54, 1.807) is 6.07 Å². The van der Waals surface area contributed by atoms with Crippen molar-refractivity contribution < 1.29 is 13.9 Å². The van der Waals surface area contributed by atoms with Crippen molar-refractivity contribution in [3.8, 4) is 5.75 Å². The van der Waals surface area contributed by atoms with E-state index in [0.717, 1.165) is 55.2 Å². The highest BCUT2D eigenvalue weighted by Gasteiger charge is 2.27. The number of amides is 1. The van der Waals surface area contributed by atoms with Gasteiger partial charge < -0.3 is 19.4 Å². The Morgan fingerprint density at radius 2 is 1.69 bits per heavy atom. The van der Waals surface area contributed by atoms with Crippen LogP contribution in [0.5, 0.6) is 5.75 Å². The second kappa shape index (κ2) is 11.3. The Morgan fingerprint density at radius 1 is 0.944 bits per heavy atom. The summed E-state index contributed by atoms with van der Waals surface area (Å²) in [6.07, 6.45) is 7.55. The fourth-order valence-electron chi connectivity index (χ4n) is 5.46. The molecule has 2 heterocycles.